The second kappa shape index (κ2) is 8.95. The number of hydrazone groups is 1. The van der Waals surface area contributed by atoms with E-state index in [1.165, 1.54) is 11.8 Å². The zero-order chi connectivity index (χ0) is 22.1. The Morgan fingerprint density at radius 3 is 2.81 bits per heavy atom. The van der Waals surface area contributed by atoms with E-state index in [9.17, 15) is 4.79 Å². The van der Waals surface area contributed by atoms with E-state index < -0.39 is 0 Å². The van der Waals surface area contributed by atoms with Gasteiger partial charge in [0.2, 0.25) is 5.16 Å². The molecule has 2 aliphatic rings. The van der Waals surface area contributed by atoms with E-state index in [1.54, 1.807) is 30.6 Å². The first kappa shape index (κ1) is 21.0. The predicted octanol–water partition coefficient (Wildman–Crippen LogP) is 4.23. The summed E-state index contributed by atoms with van der Waals surface area (Å²) in [5, 5.41) is 16.2. The van der Waals surface area contributed by atoms with Gasteiger partial charge >= 0.3 is 0 Å². The Morgan fingerprint density at radius 2 is 2.09 bits per heavy atom. The Labute approximate surface area is 194 Å². The Balaban J connectivity index is 1.37. The van der Waals surface area contributed by atoms with Crippen molar-refractivity contribution < 1.29 is 14.3 Å². The standard InChI is InChI=1S/C22H23N5O3S2/c1-29-17-8-7-14(10-18(17)30-2)16-11-15(19-4-3-9-31-19)26-27(16)20(28)12-32-22-23-21(24-25-22)13-5-6-13/h3-4,7-10,13,16H,5-6,11-12H2,1-2H3,(H,23,24,25). The molecule has 1 fully saturated rings. The van der Waals surface area contributed by atoms with Gasteiger partial charge in [0, 0.05) is 12.3 Å². The average molecular weight is 470 g/mol. The SMILES string of the molecule is COc1ccc(C2CC(c3cccs3)=NN2C(=O)CSc2n[nH]c(C3CC3)n2)cc1OC. The van der Waals surface area contributed by atoms with Gasteiger partial charge in [0.15, 0.2) is 11.5 Å². The first-order chi connectivity index (χ1) is 15.7. The molecule has 3 heterocycles. The fourth-order valence-electron chi connectivity index (χ4n) is 3.71. The largest absolute Gasteiger partial charge is 0.493 e. The summed E-state index contributed by atoms with van der Waals surface area (Å²) >= 11 is 2.96. The van der Waals surface area contributed by atoms with Gasteiger partial charge in [-0.15, -0.1) is 16.4 Å². The van der Waals surface area contributed by atoms with Gasteiger partial charge in [-0.25, -0.2) is 9.99 Å². The summed E-state index contributed by atoms with van der Waals surface area (Å²) in [7, 11) is 3.21. The molecule has 0 bridgehead atoms. The molecular weight excluding hydrogens is 446 g/mol. The molecule has 1 N–H and O–H groups in total. The van der Waals surface area contributed by atoms with Gasteiger partial charge in [-0.05, 0) is 42.0 Å². The third-order valence-corrected chi connectivity index (χ3v) is 7.29. The van der Waals surface area contributed by atoms with Crippen molar-refractivity contribution in [3.63, 3.8) is 0 Å². The number of carbonyl (C=O) groups is 1. The highest BCUT2D eigenvalue weighted by Gasteiger charge is 2.34. The molecule has 5 rings (SSSR count). The maximum Gasteiger partial charge on any atom is 0.253 e. The fraction of sp³-hybridized carbons (Fsp3) is 0.364. The summed E-state index contributed by atoms with van der Waals surface area (Å²) in [6.07, 6.45) is 2.94. The third kappa shape index (κ3) is 4.24. The minimum absolute atomic E-state index is 0.0842. The van der Waals surface area contributed by atoms with Crippen LogP contribution in [-0.2, 0) is 4.79 Å². The Hall–Kier alpha value is -2.85. The minimum Gasteiger partial charge on any atom is -0.493 e. The lowest BCUT2D eigenvalue weighted by molar-refractivity contribution is -0.130. The normalized spacial score (nSPS) is 18.0. The summed E-state index contributed by atoms with van der Waals surface area (Å²) < 4.78 is 10.8. The summed E-state index contributed by atoms with van der Waals surface area (Å²) in [6.45, 7) is 0. The molecule has 8 nitrogen and oxygen atoms in total. The van der Waals surface area contributed by atoms with Crippen LogP contribution in [0.15, 0.2) is 46.0 Å². The highest BCUT2D eigenvalue weighted by Crippen LogP contribution is 2.39. The van der Waals surface area contributed by atoms with E-state index in [-0.39, 0.29) is 17.7 Å². The average Bonchev–Trinajstić information content (AvgIpc) is 3.23. The highest BCUT2D eigenvalue weighted by molar-refractivity contribution is 7.99. The van der Waals surface area contributed by atoms with Crippen LogP contribution >= 0.6 is 23.1 Å². The maximum atomic E-state index is 13.2. The van der Waals surface area contributed by atoms with Crippen molar-refractivity contribution in [2.75, 3.05) is 20.0 Å². The molecule has 1 aromatic carbocycles. The van der Waals surface area contributed by atoms with Gasteiger partial charge in [-0.1, -0.05) is 23.9 Å². The first-order valence-electron chi connectivity index (χ1n) is 10.4. The van der Waals surface area contributed by atoms with Gasteiger partial charge < -0.3 is 9.47 Å². The van der Waals surface area contributed by atoms with Crippen molar-refractivity contribution in [1.29, 1.82) is 0 Å². The molecule has 1 aliphatic carbocycles. The molecule has 0 spiro atoms. The molecule has 1 aliphatic heterocycles. The highest BCUT2D eigenvalue weighted by atomic mass is 32.2. The number of carbonyl (C=O) groups excluding carboxylic acids is 1. The number of aromatic amines is 1. The number of hydrogen-bond acceptors (Lipinski definition) is 8. The van der Waals surface area contributed by atoms with Crippen LogP contribution in [-0.4, -0.2) is 51.8 Å². The summed E-state index contributed by atoms with van der Waals surface area (Å²) in [5.41, 5.74) is 1.86. The number of rotatable bonds is 8. The molecule has 3 aromatic rings. The lowest BCUT2D eigenvalue weighted by atomic mass is 10.0. The second-order valence-corrected chi connectivity index (χ2v) is 9.55. The van der Waals surface area contributed by atoms with E-state index in [0.29, 0.717) is 29.0 Å². The van der Waals surface area contributed by atoms with Gasteiger partial charge in [-0.3, -0.25) is 9.89 Å². The Morgan fingerprint density at radius 1 is 1.25 bits per heavy atom. The van der Waals surface area contributed by atoms with E-state index in [2.05, 4.69) is 15.2 Å². The summed E-state index contributed by atoms with van der Waals surface area (Å²) in [6, 6.07) is 9.56. The van der Waals surface area contributed by atoms with E-state index in [1.807, 2.05) is 35.7 Å². The molecule has 10 heteroatoms. The van der Waals surface area contributed by atoms with Crippen molar-refractivity contribution in [1.82, 2.24) is 20.2 Å². The minimum atomic E-state index is -0.214. The number of amides is 1. The molecule has 1 atom stereocenters. The molecule has 0 radical (unpaired) electrons. The second-order valence-electron chi connectivity index (χ2n) is 7.66. The van der Waals surface area contributed by atoms with E-state index in [0.717, 1.165) is 34.8 Å². The molecule has 0 saturated heterocycles. The molecule has 2 aromatic heterocycles. The molecular formula is C22H23N5O3S2. The molecule has 166 valence electrons. The van der Waals surface area contributed by atoms with Crippen molar-refractivity contribution in [3.05, 3.63) is 52.0 Å². The van der Waals surface area contributed by atoms with Crippen LogP contribution in [0.25, 0.3) is 0 Å². The van der Waals surface area contributed by atoms with Gasteiger partial charge in [0.1, 0.15) is 5.82 Å². The lowest BCUT2D eigenvalue weighted by Gasteiger charge is -2.22. The van der Waals surface area contributed by atoms with Crippen molar-refractivity contribution in [2.45, 2.75) is 36.4 Å². The maximum absolute atomic E-state index is 13.2. The monoisotopic (exact) mass is 469 g/mol. The first-order valence-corrected chi connectivity index (χ1v) is 12.2. The van der Waals surface area contributed by atoms with Crippen molar-refractivity contribution >= 4 is 34.7 Å². The van der Waals surface area contributed by atoms with E-state index >= 15 is 0 Å². The number of thiophene rings is 1. The van der Waals surface area contributed by atoms with Crippen LogP contribution in [0.1, 0.15) is 47.5 Å². The van der Waals surface area contributed by atoms with Crippen molar-refractivity contribution in [2.24, 2.45) is 5.10 Å². The molecule has 1 saturated carbocycles. The van der Waals surface area contributed by atoms with Crippen LogP contribution in [0.5, 0.6) is 11.5 Å². The number of methoxy groups -OCH3 is 2. The summed E-state index contributed by atoms with van der Waals surface area (Å²) in [5.74, 6) is 2.83. The number of H-pyrrole nitrogens is 1. The predicted molar refractivity (Wildman–Crippen MR) is 124 cm³/mol. The van der Waals surface area contributed by atoms with E-state index in [4.69, 9.17) is 14.6 Å². The fourth-order valence-corrected chi connectivity index (χ4v) is 5.08. The number of nitrogens with one attached hydrogen (secondary N) is 1. The zero-order valence-electron chi connectivity index (χ0n) is 17.8. The van der Waals surface area contributed by atoms with Crippen LogP contribution in [0.3, 0.4) is 0 Å². The number of thioether (sulfide) groups is 1. The number of aromatic nitrogens is 3. The van der Waals surface area contributed by atoms with Gasteiger partial charge in [-0.2, -0.15) is 5.10 Å². The number of nitrogens with zero attached hydrogens (tertiary/aromatic N) is 4. The number of hydrogen-bond donors (Lipinski definition) is 1. The number of ether oxygens (including phenoxy) is 2. The number of benzene rings is 1. The van der Waals surface area contributed by atoms with Crippen LogP contribution in [0, 0.1) is 0 Å². The molecule has 1 amide bonds. The smallest absolute Gasteiger partial charge is 0.253 e. The Bertz CT molecular complexity index is 1140. The lowest BCUT2D eigenvalue weighted by Crippen LogP contribution is -2.28. The Kier molecular flexibility index (Phi) is 5.88. The quantitative estimate of drug-likeness (QED) is 0.496. The van der Waals surface area contributed by atoms with Crippen molar-refractivity contribution in [3.8, 4) is 11.5 Å². The molecule has 32 heavy (non-hydrogen) atoms. The zero-order valence-corrected chi connectivity index (χ0v) is 19.4. The topological polar surface area (TPSA) is 92.7 Å². The van der Waals surface area contributed by atoms with Gasteiger partial charge in [0.05, 0.1) is 36.6 Å². The van der Waals surface area contributed by atoms with Crippen LogP contribution < -0.4 is 9.47 Å². The molecule has 1 unspecified atom stereocenters. The third-order valence-electron chi connectivity index (χ3n) is 5.53. The van der Waals surface area contributed by atoms with Crippen LogP contribution in [0.2, 0.25) is 0 Å². The summed E-state index contributed by atoms with van der Waals surface area (Å²) in [4.78, 5) is 18.8. The van der Waals surface area contributed by atoms with Crippen LogP contribution in [0.4, 0.5) is 0 Å². The van der Waals surface area contributed by atoms with Gasteiger partial charge in [0.25, 0.3) is 5.91 Å².